The molecule has 1 rings (SSSR count). The van der Waals surface area contributed by atoms with Crippen LogP contribution in [0.25, 0.3) is 6.08 Å². The van der Waals surface area contributed by atoms with Gasteiger partial charge in [-0.3, -0.25) is 4.79 Å². The van der Waals surface area contributed by atoms with Crippen LogP contribution in [0.5, 0.6) is 0 Å². The Morgan fingerprint density at radius 3 is 2.67 bits per heavy atom. The molecule has 0 saturated heterocycles. The molecule has 2 nitrogen and oxygen atoms in total. The predicted molar refractivity (Wildman–Crippen MR) is 52.0 cm³/mol. The summed E-state index contributed by atoms with van der Waals surface area (Å²) in [6.45, 7) is 4.07. The molecular weight excluding hydrogens is 170 g/mol. The van der Waals surface area contributed by atoms with Crippen LogP contribution in [0.3, 0.4) is 0 Å². The predicted octanol–water partition coefficient (Wildman–Crippen LogP) is 1.86. The van der Waals surface area contributed by atoms with Crippen molar-refractivity contribution in [3.8, 4) is 0 Å². The minimum Gasteiger partial charge on any atom is -0.366 e. The molecule has 0 saturated carbocycles. The summed E-state index contributed by atoms with van der Waals surface area (Å²) >= 11 is 1.72. The number of rotatable bonds is 2. The van der Waals surface area contributed by atoms with Crippen LogP contribution >= 0.6 is 11.3 Å². The molecule has 0 bridgehead atoms. The van der Waals surface area contributed by atoms with Gasteiger partial charge in [0.05, 0.1) is 0 Å². The highest BCUT2D eigenvalue weighted by Crippen LogP contribution is 2.21. The summed E-state index contributed by atoms with van der Waals surface area (Å²) < 4.78 is 0. The van der Waals surface area contributed by atoms with Crippen LogP contribution in [0, 0.1) is 13.8 Å². The number of amides is 1. The lowest BCUT2D eigenvalue weighted by Gasteiger charge is -1.86. The number of hydrogen-bond donors (Lipinski definition) is 1. The monoisotopic (exact) mass is 181 g/mol. The molecule has 0 atom stereocenters. The molecule has 12 heavy (non-hydrogen) atoms. The number of nitrogens with two attached hydrogens (primary N) is 1. The molecule has 64 valence electrons. The van der Waals surface area contributed by atoms with Gasteiger partial charge in [-0.1, -0.05) is 0 Å². The lowest BCUT2D eigenvalue weighted by molar-refractivity contribution is -0.113. The molecule has 1 aromatic heterocycles. The van der Waals surface area contributed by atoms with Crippen LogP contribution in [0.2, 0.25) is 0 Å². The van der Waals surface area contributed by atoms with Crippen LogP contribution in [0.4, 0.5) is 0 Å². The average Bonchev–Trinajstić information content (AvgIpc) is 2.26. The Hall–Kier alpha value is -1.09. The van der Waals surface area contributed by atoms with E-state index >= 15 is 0 Å². The second-order valence-corrected chi connectivity index (χ2v) is 4.06. The van der Waals surface area contributed by atoms with Crippen LogP contribution in [0.15, 0.2) is 12.1 Å². The second kappa shape index (κ2) is 3.54. The number of primary amides is 1. The Morgan fingerprint density at radius 1 is 1.58 bits per heavy atom. The fourth-order valence-corrected chi connectivity index (χ4v) is 1.90. The summed E-state index contributed by atoms with van der Waals surface area (Å²) in [7, 11) is 0. The van der Waals surface area contributed by atoms with Crippen molar-refractivity contribution >= 4 is 23.3 Å². The molecule has 0 aliphatic rings. The normalized spacial score (nSPS) is 10.8. The van der Waals surface area contributed by atoms with Crippen molar-refractivity contribution in [1.29, 1.82) is 0 Å². The molecule has 0 aliphatic carbocycles. The van der Waals surface area contributed by atoms with E-state index in [4.69, 9.17) is 5.73 Å². The molecule has 0 fully saturated rings. The zero-order valence-corrected chi connectivity index (χ0v) is 7.94. The number of thiophene rings is 1. The van der Waals surface area contributed by atoms with E-state index in [9.17, 15) is 4.79 Å². The molecular formula is C9H11NOS. The minimum absolute atomic E-state index is 0.404. The van der Waals surface area contributed by atoms with Crippen molar-refractivity contribution in [3.63, 3.8) is 0 Å². The summed E-state index contributed by atoms with van der Waals surface area (Å²) in [6, 6.07) is 2.04. The molecule has 3 heteroatoms. The maximum atomic E-state index is 10.4. The van der Waals surface area contributed by atoms with Crippen molar-refractivity contribution in [2.24, 2.45) is 5.73 Å². The third-order valence-corrected chi connectivity index (χ3v) is 2.49. The molecule has 2 N–H and O–H groups in total. The van der Waals surface area contributed by atoms with Crippen LogP contribution in [-0.4, -0.2) is 5.91 Å². The first kappa shape index (κ1) is 9.00. The van der Waals surface area contributed by atoms with Crippen molar-refractivity contribution in [3.05, 3.63) is 27.5 Å². The Balaban J connectivity index is 2.89. The number of carbonyl (C=O) groups excluding carboxylic acids is 1. The van der Waals surface area contributed by atoms with Gasteiger partial charge in [-0.25, -0.2) is 0 Å². The Labute approximate surface area is 75.7 Å². The van der Waals surface area contributed by atoms with Gasteiger partial charge in [-0.05, 0) is 31.6 Å². The fraction of sp³-hybridized carbons (Fsp3) is 0.222. The maximum absolute atomic E-state index is 10.4. The van der Waals surface area contributed by atoms with E-state index < -0.39 is 5.91 Å². The standard InChI is InChI=1S/C9H11NOS/c1-6-5-8(7(2)12-6)3-4-9(10)11/h3-5H,1-2H3,(H2,10,11)/b4-3-. The van der Waals surface area contributed by atoms with E-state index in [1.807, 2.05) is 19.9 Å². The number of aryl methyl sites for hydroxylation is 2. The van der Waals surface area contributed by atoms with E-state index in [1.54, 1.807) is 17.4 Å². The highest BCUT2D eigenvalue weighted by atomic mass is 32.1. The molecule has 0 spiro atoms. The van der Waals surface area contributed by atoms with Gasteiger partial charge in [0.25, 0.3) is 0 Å². The second-order valence-electron chi connectivity index (χ2n) is 2.60. The zero-order chi connectivity index (χ0) is 9.14. The van der Waals surface area contributed by atoms with E-state index in [1.165, 1.54) is 15.8 Å². The maximum Gasteiger partial charge on any atom is 0.241 e. The van der Waals surface area contributed by atoms with E-state index in [0.717, 1.165) is 5.56 Å². The smallest absolute Gasteiger partial charge is 0.241 e. The lowest BCUT2D eigenvalue weighted by atomic mass is 10.2. The highest BCUT2D eigenvalue weighted by molar-refractivity contribution is 7.12. The van der Waals surface area contributed by atoms with Gasteiger partial charge in [-0.2, -0.15) is 0 Å². The zero-order valence-electron chi connectivity index (χ0n) is 7.13. The van der Waals surface area contributed by atoms with Crippen molar-refractivity contribution in [1.82, 2.24) is 0 Å². The summed E-state index contributed by atoms with van der Waals surface area (Å²) in [5.74, 6) is -0.404. The van der Waals surface area contributed by atoms with Gasteiger partial charge in [-0.15, -0.1) is 11.3 Å². The first-order valence-electron chi connectivity index (χ1n) is 3.64. The van der Waals surface area contributed by atoms with Crippen molar-refractivity contribution < 1.29 is 4.79 Å². The third kappa shape index (κ3) is 2.20. The Morgan fingerprint density at radius 2 is 2.25 bits per heavy atom. The van der Waals surface area contributed by atoms with Crippen molar-refractivity contribution in [2.75, 3.05) is 0 Å². The molecule has 0 aromatic carbocycles. The van der Waals surface area contributed by atoms with Crippen LogP contribution in [-0.2, 0) is 4.79 Å². The van der Waals surface area contributed by atoms with E-state index in [-0.39, 0.29) is 0 Å². The summed E-state index contributed by atoms with van der Waals surface area (Å²) in [5.41, 5.74) is 6.05. The third-order valence-electron chi connectivity index (χ3n) is 1.51. The molecule has 1 aromatic rings. The van der Waals surface area contributed by atoms with Crippen LogP contribution in [0.1, 0.15) is 15.3 Å². The molecule has 1 amide bonds. The average molecular weight is 181 g/mol. The fourth-order valence-electron chi connectivity index (χ4n) is 0.988. The first-order valence-corrected chi connectivity index (χ1v) is 4.46. The van der Waals surface area contributed by atoms with Gasteiger partial charge in [0.15, 0.2) is 0 Å². The van der Waals surface area contributed by atoms with Crippen molar-refractivity contribution in [2.45, 2.75) is 13.8 Å². The van der Waals surface area contributed by atoms with Gasteiger partial charge >= 0.3 is 0 Å². The molecule has 1 heterocycles. The Kier molecular flexibility index (Phi) is 2.65. The Bertz CT molecular complexity index is 325. The summed E-state index contributed by atoms with van der Waals surface area (Å²) in [5, 5.41) is 0. The molecule has 0 radical (unpaired) electrons. The van der Waals surface area contributed by atoms with E-state index in [2.05, 4.69) is 0 Å². The molecule has 0 unspecified atom stereocenters. The van der Waals surface area contributed by atoms with Gasteiger partial charge in [0.2, 0.25) is 5.91 Å². The topological polar surface area (TPSA) is 43.1 Å². The van der Waals surface area contributed by atoms with Gasteiger partial charge < -0.3 is 5.73 Å². The van der Waals surface area contributed by atoms with E-state index in [0.29, 0.717) is 0 Å². The highest BCUT2D eigenvalue weighted by Gasteiger charge is 1.98. The van der Waals surface area contributed by atoms with Crippen LogP contribution < -0.4 is 5.73 Å². The summed E-state index contributed by atoms with van der Waals surface area (Å²) in [6.07, 6.45) is 3.13. The quantitative estimate of drug-likeness (QED) is 0.695. The largest absolute Gasteiger partial charge is 0.366 e. The SMILES string of the molecule is Cc1cc(/C=C\C(N)=O)c(C)s1. The molecule has 0 aliphatic heterocycles. The number of carbonyl (C=O) groups is 1. The number of hydrogen-bond acceptors (Lipinski definition) is 2. The summed E-state index contributed by atoms with van der Waals surface area (Å²) in [4.78, 5) is 12.9. The van der Waals surface area contributed by atoms with Gasteiger partial charge in [0, 0.05) is 15.8 Å². The van der Waals surface area contributed by atoms with Gasteiger partial charge in [0.1, 0.15) is 0 Å². The first-order chi connectivity index (χ1) is 5.59. The minimum atomic E-state index is -0.404. The lowest BCUT2D eigenvalue weighted by Crippen LogP contribution is -2.05.